The molecule has 190 valence electrons. The van der Waals surface area contributed by atoms with E-state index in [0.29, 0.717) is 44.2 Å². The zero-order valence-corrected chi connectivity index (χ0v) is 20.6. The normalized spacial score (nSPS) is 14.0. The van der Waals surface area contributed by atoms with Gasteiger partial charge in [0.15, 0.2) is 0 Å². The maximum atomic E-state index is 14.2. The highest BCUT2D eigenvalue weighted by molar-refractivity contribution is 7.92. The largest absolute Gasteiger partial charge is 0.494 e. The van der Waals surface area contributed by atoms with E-state index in [-0.39, 0.29) is 22.3 Å². The zero-order valence-electron chi connectivity index (χ0n) is 19.8. The summed E-state index contributed by atoms with van der Waals surface area (Å²) in [5.41, 5.74) is 0.751. The number of hydrogen-bond acceptors (Lipinski definition) is 5. The Bertz CT molecular complexity index is 1290. The third-order valence-electron chi connectivity index (χ3n) is 5.94. The van der Waals surface area contributed by atoms with Crippen molar-refractivity contribution in [3.63, 3.8) is 0 Å². The first-order chi connectivity index (χ1) is 17.3. The number of halogens is 2. The molecule has 36 heavy (non-hydrogen) atoms. The predicted molar refractivity (Wildman–Crippen MR) is 134 cm³/mol. The zero-order chi connectivity index (χ0) is 25.7. The van der Waals surface area contributed by atoms with E-state index < -0.39 is 22.4 Å². The average molecular weight is 516 g/mol. The van der Waals surface area contributed by atoms with Gasteiger partial charge in [-0.05, 0) is 67.6 Å². The Labute approximate surface area is 209 Å². The van der Waals surface area contributed by atoms with E-state index in [1.165, 1.54) is 18.2 Å². The average Bonchev–Trinajstić information content (AvgIpc) is 2.88. The first-order valence-corrected chi connectivity index (χ1v) is 13.0. The third-order valence-corrected chi connectivity index (χ3v) is 7.73. The van der Waals surface area contributed by atoms with Gasteiger partial charge in [0.2, 0.25) is 5.91 Å². The molecule has 0 aromatic heterocycles. The number of carbonyl (C=O) groups is 1. The van der Waals surface area contributed by atoms with Crippen LogP contribution in [0.15, 0.2) is 77.7 Å². The van der Waals surface area contributed by atoms with E-state index in [4.69, 9.17) is 4.74 Å². The molecule has 1 aliphatic heterocycles. The monoisotopic (exact) mass is 515 g/mol. The van der Waals surface area contributed by atoms with Crippen molar-refractivity contribution in [1.29, 1.82) is 0 Å². The van der Waals surface area contributed by atoms with Gasteiger partial charge in [0.1, 0.15) is 23.9 Å². The summed E-state index contributed by atoms with van der Waals surface area (Å²) < 4.78 is 61.0. The van der Waals surface area contributed by atoms with Crippen molar-refractivity contribution in [2.24, 2.45) is 0 Å². The number of benzene rings is 3. The molecule has 0 aliphatic carbocycles. The summed E-state index contributed by atoms with van der Waals surface area (Å²) in [6.07, 6.45) is 0. The number of nitrogens with zero attached hydrogens (tertiary/aromatic N) is 3. The molecule has 3 aromatic carbocycles. The van der Waals surface area contributed by atoms with Crippen LogP contribution in [-0.2, 0) is 14.8 Å². The molecule has 0 atom stereocenters. The highest BCUT2D eigenvalue weighted by Crippen LogP contribution is 2.27. The molecule has 1 heterocycles. The van der Waals surface area contributed by atoms with Crippen LogP contribution in [0.5, 0.6) is 5.75 Å². The van der Waals surface area contributed by atoms with Crippen LogP contribution in [0.4, 0.5) is 20.2 Å². The first-order valence-electron chi connectivity index (χ1n) is 11.6. The summed E-state index contributed by atoms with van der Waals surface area (Å²) in [6, 6.07) is 17.3. The van der Waals surface area contributed by atoms with E-state index in [2.05, 4.69) is 0 Å². The van der Waals surface area contributed by atoms with Crippen LogP contribution in [0.1, 0.15) is 6.92 Å². The highest BCUT2D eigenvalue weighted by atomic mass is 32.2. The molecule has 1 fully saturated rings. The molecule has 0 N–H and O–H groups in total. The number of anilines is 2. The van der Waals surface area contributed by atoms with Crippen molar-refractivity contribution in [3.05, 3.63) is 84.4 Å². The second-order valence-corrected chi connectivity index (χ2v) is 10.1. The number of sulfonamides is 1. The minimum Gasteiger partial charge on any atom is -0.494 e. The number of piperazine rings is 1. The van der Waals surface area contributed by atoms with Gasteiger partial charge in [-0.2, -0.15) is 0 Å². The Morgan fingerprint density at radius 1 is 0.917 bits per heavy atom. The molecule has 10 heteroatoms. The summed E-state index contributed by atoms with van der Waals surface area (Å²) in [6.45, 7) is 3.33. The Kier molecular flexibility index (Phi) is 7.73. The fourth-order valence-electron chi connectivity index (χ4n) is 4.05. The van der Waals surface area contributed by atoms with Crippen molar-refractivity contribution >= 4 is 27.3 Å². The molecule has 1 aliphatic rings. The lowest BCUT2D eigenvalue weighted by molar-refractivity contribution is -0.129. The minimum absolute atomic E-state index is 0.130. The topological polar surface area (TPSA) is 70.2 Å². The Morgan fingerprint density at radius 2 is 1.56 bits per heavy atom. The molecule has 7 nitrogen and oxygen atoms in total. The molecule has 0 unspecified atom stereocenters. The van der Waals surface area contributed by atoms with Crippen LogP contribution in [-0.4, -0.2) is 58.6 Å². The number of para-hydroxylation sites is 1. The predicted octanol–water partition coefficient (Wildman–Crippen LogP) is 3.91. The highest BCUT2D eigenvalue weighted by Gasteiger charge is 2.30. The van der Waals surface area contributed by atoms with E-state index in [1.807, 2.05) is 11.8 Å². The van der Waals surface area contributed by atoms with Gasteiger partial charge in [-0.3, -0.25) is 9.10 Å². The number of hydrogen-bond donors (Lipinski definition) is 0. The van der Waals surface area contributed by atoms with Gasteiger partial charge < -0.3 is 14.5 Å². The molecule has 0 spiro atoms. The van der Waals surface area contributed by atoms with Crippen molar-refractivity contribution in [3.8, 4) is 5.75 Å². The van der Waals surface area contributed by atoms with Crippen LogP contribution in [0, 0.1) is 11.6 Å². The summed E-state index contributed by atoms with van der Waals surface area (Å²) in [5, 5.41) is 0. The van der Waals surface area contributed by atoms with Crippen molar-refractivity contribution in [1.82, 2.24) is 4.90 Å². The second-order valence-electron chi connectivity index (χ2n) is 8.21. The molecule has 1 saturated heterocycles. The van der Waals surface area contributed by atoms with Crippen molar-refractivity contribution < 1.29 is 26.7 Å². The van der Waals surface area contributed by atoms with Gasteiger partial charge >= 0.3 is 0 Å². The van der Waals surface area contributed by atoms with E-state index in [9.17, 15) is 22.0 Å². The molecule has 4 rings (SSSR count). The molecule has 0 radical (unpaired) electrons. The standard InChI is InChI=1S/C26H27F2N3O4S/c1-2-35-22-11-9-21(10-12-22)31(36(33,34)23-13-7-20(27)8-14-23)19-26(32)30-17-15-29(16-18-30)25-6-4-3-5-24(25)28/h3-14H,2,15-19H2,1H3. The lowest BCUT2D eigenvalue weighted by Crippen LogP contribution is -2.52. The fourth-order valence-corrected chi connectivity index (χ4v) is 5.47. The van der Waals surface area contributed by atoms with Gasteiger partial charge in [0.25, 0.3) is 10.0 Å². The number of rotatable bonds is 8. The van der Waals surface area contributed by atoms with E-state index in [0.717, 1.165) is 16.4 Å². The molecule has 0 saturated carbocycles. The smallest absolute Gasteiger partial charge is 0.264 e. The number of ether oxygens (including phenoxy) is 1. The maximum Gasteiger partial charge on any atom is 0.264 e. The van der Waals surface area contributed by atoms with Gasteiger partial charge in [0, 0.05) is 26.2 Å². The summed E-state index contributed by atoms with van der Waals surface area (Å²) in [7, 11) is -4.17. The Morgan fingerprint density at radius 3 is 2.17 bits per heavy atom. The summed E-state index contributed by atoms with van der Waals surface area (Å²) in [4.78, 5) is 16.5. The lowest BCUT2D eigenvalue weighted by Gasteiger charge is -2.37. The summed E-state index contributed by atoms with van der Waals surface area (Å²) in [5.74, 6) is -0.714. The Balaban J connectivity index is 1.54. The molecular formula is C26H27F2N3O4S. The van der Waals surface area contributed by atoms with Crippen LogP contribution < -0.4 is 13.9 Å². The summed E-state index contributed by atoms with van der Waals surface area (Å²) >= 11 is 0. The Hall–Kier alpha value is -3.66. The number of carbonyl (C=O) groups excluding carboxylic acids is 1. The molecular weight excluding hydrogens is 488 g/mol. The quantitative estimate of drug-likeness (QED) is 0.455. The minimum atomic E-state index is -4.17. The van der Waals surface area contributed by atoms with E-state index in [1.54, 1.807) is 47.4 Å². The maximum absolute atomic E-state index is 14.2. The molecule has 0 bridgehead atoms. The lowest BCUT2D eigenvalue weighted by atomic mass is 10.2. The van der Waals surface area contributed by atoms with Gasteiger partial charge in [-0.15, -0.1) is 0 Å². The van der Waals surface area contributed by atoms with E-state index >= 15 is 0 Å². The molecule has 1 amide bonds. The van der Waals surface area contributed by atoms with Gasteiger partial charge in [-0.25, -0.2) is 17.2 Å². The first kappa shape index (κ1) is 25.4. The fraction of sp³-hybridized carbons (Fsp3) is 0.269. The van der Waals surface area contributed by atoms with Gasteiger partial charge in [0.05, 0.1) is 22.9 Å². The SMILES string of the molecule is CCOc1ccc(N(CC(=O)N2CCN(c3ccccc3F)CC2)S(=O)(=O)c2ccc(F)cc2)cc1. The van der Waals surface area contributed by atoms with Crippen LogP contribution in [0.3, 0.4) is 0 Å². The van der Waals surface area contributed by atoms with Crippen LogP contribution in [0.25, 0.3) is 0 Å². The second kappa shape index (κ2) is 10.9. The number of amides is 1. The van der Waals surface area contributed by atoms with Gasteiger partial charge in [-0.1, -0.05) is 12.1 Å². The third kappa shape index (κ3) is 5.59. The van der Waals surface area contributed by atoms with Crippen LogP contribution in [0.2, 0.25) is 0 Å². The van der Waals surface area contributed by atoms with Crippen LogP contribution >= 0.6 is 0 Å². The molecule has 3 aromatic rings. The van der Waals surface area contributed by atoms with Crippen molar-refractivity contribution in [2.45, 2.75) is 11.8 Å². The van der Waals surface area contributed by atoms with Crippen molar-refractivity contribution in [2.75, 3.05) is 48.5 Å².